The molecule has 0 N–H and O–H groups in total. The van der Waals surface area contributed by atoms with Crippen LogP contribution in [0.3, 0.4) is 0 Å². The monoisotopic (exact) mass is 1160 g/mol. The highest BCUT2D eigenvalue weighted by molar-refractivity contribution is 9.08. The second-order valence-electron chi connectivity index (χ2n) is 13.2. The maximum atomic E-state index is 12.5. The van der Waals surface area contributed by atoms with Crippen molar-refractivity contribution in [3.05, 3.63) is 179 Å². The van der Waals surface area contributed by atoms with E-state index in [1.54, 1.807) is 0 Å². The van der Waals surface area contributed by atoms with Crippen LogP contribution in [0.15, 0.2) is 152 Å². The Kier molecular flexibility index (Phi) is 56.7. The van der Waals surface area contributed by atoms with Crippen LogP contribution in [-0.2, 0) is 87.1 Å². The van der Waals surface area contributed by atoms with E-state index in [1.165, 1.54) is 53.8 Å². The molecule has 0 radical (unpaired) electrons. The molecular weight excluding hydrogens is 1070 g/mol. The lowest BCUT2D eigenvalue weighted by molar-refractivity contribution is -0.169. The Balaban J connectivity index is -0.000000272. The molecule has 0 aromatic heterocycles. The van der Waals surface area contributed by atoms with Crippen molar-refractivity contribution >= 4 is 67.7 Å². The summed E-state index contributed by atoms with van der Waals surface area (Å²) in [6, 6.07) is 48.6. The molecule has 0 heterocycles. The number of esters is 6. The first-order valence-corrected chi connectivity index (χ1v) is 26.9. The molecule has 5 rings (SSSR count). The van der Waals surface area contributed by atoms with E-state index in [4.69, 9.17) is 9.47 Å². The highest BCUT2D eigenvalue weighted by Crippen LogP contribution is 2.31. The van der Waals surface area contributed by atoms with Crippen LogP contribution in [0.25, 0.3) is 0 Å². The van der Waals surface area contributed by atoms with Crippen molar-refractivity contribution in [3.8, 4) is 0 Å². The summed E-state index contributed by atoms with van der Waals surface area (Å²) in [5.74, 6) is -4.37. The predicted octanol–water partition coefficient (Wildman–Crippen LogP) is 14.0. The Morgan fingerprint density at radius 2 is 0.608 bits per heavy atom. The Morgan fingerprint density at radius 3 is 0.811 bits per heavy atom. The number of hydrogen-bond donors (Lipinski definition) is 0. The second kappa shape index (κ2) is 54.6. The fraction of sp³-hybridized carbons (Fsp3) is 0.400. The molecule has 0 aliphatic heterocycles. The van der Waals surface area contributed by atoms with Crippen LogP contribution >= 0.6 is 31.9 Å². The van der Waals surface area contributed by atoms with Crippen LogP contribution in [0.4, 0.5) is 0 Å². The average molecular weight is 1160 g/mol. The average Bonchev–Trinajstić information content (AvgIpc) is 3.49. The largest absolute Gasteiger partial charge is 0.469 e. The van der Waals surface area contributed by atoms with Gasteiger partial charge >= 0.3 is 35.8 Å². The molecule has 0 amide bonds. The third-order valence-electron chi connectivity index (χ3n) is 8.84. The summed E-state index contributed by atoms with van der Waals surface area (Å²) in [7, 11) is 7.51. The zero-order valence-corrected chi connectivity index (χ0v) is 50.1. The summed E-state index contributed by atoms with van der Waals surface area (Å²) in [4.78, 5) is 68.3. The molecule has 12 nitrogen and oxygen atoms in total. The van der Waals surface area contributed by atoms with Gasteiger partial charge in [0.15, 0.2) is 11.3 Å². The standard InChI is InChI=1S/C19H20O4.C12H14O4.2C7H7Br.C5H8O4.5C2H6/c1-22-17(20)19(18(21)23-2,13-15-9-5-3-6-10-15)14-16-11-7-4-8-12-16;1-15-11(13)10(12(14)16-2)8-9-6-4-3-5-7-9;2*8-6-7-4-2-1-3-5-7;1-8-4(6)3-5(7)9-2;5*1-2/h3-12H,13-14H2,1-2H3;3-7,10H,8H2,1-2H3;2*1-5H,6H2;3H2,1-2H3;5*1-2H3. The lowest BCUT2D eigenvalue weighted by Gasteiger charge is -2.28. The van der Waals surface area contributed by atoms with Crippen molar-refractivity contribution < 1.29 is 57.2 Å². The van der Waals surface area contributed by atoms with Gasteiger partial charge in [0.05, 0.1) is 42.7 Å². The minimum atomic E-state index is -1.40. The van der Waals surface area contributed by atoms with E-state index in [0.29, 0.717) is 6.42 Å². The van der Waals surface area contributed by atoms with E-state index in [9.17, 15) is 28.8 Å². The van der Waals surface area contributed by atoms with Crippen molar-refractivity contribution in [2.75, 3.05) is 42.7 Å². The lowest BCUT2D eigenvalue weighted by atomic mass is 9.76. The highest BCUT2D eigenvalue weighted by Gasteiger charge is 2.48. The number of alkyl halides is 2. The zero-order chi connectivity index (χ0) is 57.6. The maximum absolute atomic E-state index is 12.5. The Bertz CT molecular complexity index is 1940. The van der Waals surface area contributed by atoms with Gasteiger partial charge in [-0.2, -0.15) is 0 Å². The van der Waals surface area contributed by atoms with E-state index in [2.05, 4.69) is 75.1 Å². The molecule has 0 spiro atoms. The number of methoxy groups -OCH3 is 6. The highest BCUT2D eigenvalue weighted by atomic mass is 79.9. The molecule has 5 aromatic rings. The molecule has 412 valence electrons. The smallest absolute Gasteiger partial charge is 0.323 e. The first kappa shape index (κ1) is 76.8. The van der Waals surface area contributed by atoms with Gasteiger partial charge in [-0.3, -0.25) is 28.8 Å². The van der Waals surface area contributed by atoms with Crippen molar-refractivity contribution in [3.63, 3.8) is 0 Å². The maximum Gasteiger partial charge on any atom is 0.323 e. The number of rotatable bonds is 14. The van der Waals surface area contributed by atoms with Crippen LogP contribution in [-0.4, -0.2) is 78.5 Å². The van der Waals surface area contributed by atoms with Gasteiger partial charge in [0.1, 0.15) is 6.42 Å². The van der Waals surface area contributed by atoms with Gasteiger partial charge in [0.25, 0.3) is 0 Å². The third-order valence-corrected chi connectivity index (χ3v) is 10.1. The summed E-state index contributed by atoms with van der Waals surface area (Å²) >= 11 is 6.71. The quantitative estimate of drug-likeness (QED) is 0.0449. The summed E-state index contributed by atoms with van der Waals surface area (Å²) in [6.45, 7) is 20.0. The minimum Gasteiger partial charge on any atom is -0.469 e. The molecule has 0 aliphatic rings. The molecule has 0 fully saturated rings. The van der Waals surface area contributed by atoms with E-state index >= 15 is 0 Å². The summed E-state index contributed by atoms with van der Waals surface area (Å²) in [6.07, 6.45) is 0.428. The minimum absolute atomic E-state index is 0.224. The Labute approximate surface area is 461 Å². The number of benzene rings is 5. The van der Waals surface area contributed by atoms with Crippen LogP contribution in [0.1, 0.15) is 103 Å². The number of carbonyl (C=O) groups is 6. The van der Waals surface area contributed by atoms with Crippen LogP contribution in [0.5, 0.6) is 0 Å². The molecule has 5 aromatic carbocycles. The summed E-state index contributed by atoms with van der Waals surface area (Å²) in [5, 5.41) is 1.90. The number of carbonyl (C=O) groups excluding carboxylic acids is 6. The third kappa shape index (κ3) is 35.9. The second-order valence-corrected chi connectivity index (χ2v) is 14.4. The number of halogens is 2. The predicted molar refractivity (Wildman–Crippen MR) is 308 cm³/mol. The van der Waals surface area contributed by atoms with Gasteiger partial charge in [-0.05, 0) is 47.1 Å². The van der Waals surface area contributed by atoms with Gasteiger partial charge in [-0.1, -0.05) is 253 Å². The Hall–Kier alpha value is -6.12. The molecular formula is C60H86Br2O12. The van der Waals surface area contributed by atoms with E-state index < -0.39 is 47.1 Å². The molecule has 14 heteroatoms. The SMILES string of the molecule is BrCc1ccccc1.BrCc1ccccc1.CC.CC.CC.CC.CC.COC(=O)C(Cc1ccccc1)(Cc1ccccc1)C(=O)OC.COC(=O)C(Cc1ccccc1)C(=O)OC.COC(=O)CC(=O)OC. The van der Waals surface area contributed by atoms with Crippen molar-refractivity contribution in [1.29, 1.82) is 0 Å². The van der Waals surface area contributed by atoms with Crippen LogP contribution in [0.2, 0.25) is 0 Å². The molecule has 0 atom stereocenters. The van der Waals surface area contributed by atoms with Gasteiger partial charge in [0, 0.05) is 10.7 Å². The van der Waals surface area contributed by atoms with Crippen molar-refractivity contribution in [2.24, 2.45) is 11.3 Å². The van der Waals surface area contributed by atoms with Gasteiger partial charge < -0.3 is 28.4 Å². The van der Waals surface area contributed by atoms with Gasteiger partial charge in [0.2, 0.25) is 0 Å². The van der Waals surface area contributed by atoms with E-state index in [1.807, 2.05) is 197 Å². The van der Waals surface area contributed by atoms with Crippen molar-refractivity contribution in [2.45, 2.75) is 106 Å². The molecule has 0 saturated carbocycles. The van der Waals surface area contributed by atoms with E-state index in [-0.39, 0.29) is 19.3 Å². The Morgan fingerprint density at radius 1 is 0.365 bits per heavy atom. The summed E-state index contributed by atoms with van der Waals surface area (Å²) < 4.78 is 27.4. The zero-order valence-electron chi connectivity index (χ0n) is 46.9. The first-order chi connectivity index (χ1) is 35.9. The fourth-order valence-electron chi connectivity index (χ4n) is 5.51. The normalized spacial score (nSPS) is 8.91. The first-order valence-electron chi connectivity index (χ1n) is 24.7. The summed E-state index contributed by atoms with van der Waals surface area (Å²) in [5.41, 5.74) is 3.90. The molecule has 0 unspecified atom stereocenters. The number of hydrogen-bond acceptors (Lipinski definition) is 12. The van der Waals surface area contributed by atoms with E-state index in [0.717, 1.165) is 27.4 Å². The lowest BCUT2D eigenvalue weighted by Crippen LogP contribution is -2.45. The molecule has 0 saturated heterocycles. The van der Waals surface area contributed by atoms with Crippen LogP contribution in [0, 0.1) is 11.3 Å². The molecule has 74 heavy (non-hydrogen) atoms. The topological polar surface area (TPSA) is 158 Å². The van der Waals surface area contributed by atoms with Crippen molar-refractivity contribution in [1.82, 2.24) is 0 Å². The van der Waals surface area contributed by atoms with Gasteiger partial charge in [-0.25, -0.2) is 0 Å². The number of ether oxygens (including phenoxy) is 6. The molecule has 0 aliphatic carbocycles. The van der Waals surface area contributed by atoms with Crippen LogP contribution < -0.4 is 0 Å². The van der Waals surface area contributed by atoms with Gasteiger partial charge in [-0.15, -0.1) is 0 Å². The molecule has 0 bridgehead atoms. The fourth-order valence-corrected chi connectivity index (χ4v) is 6.26.